The molecule has 0 aliphatic carbocycles. The molecule has 4 heteroatoms. The van der Waals surface area contributed by atoms with Gasteiger partial charge in [0.25, 0.3) is 0 Å². The van der Waals surface area contributed by atoms with Gasteiger partial charge in [-0.05, 0) is 70.4 Å². The number of pyridine rings is 1. The number of fused-ring (bicyclic) bond motifs is 8. The van der Waals surface area contributed by atoms with Gasteiger partial charge in [0.05, 0.1) is 39.0 Å². The third-order valence-corrected chi connectivity index (χ3v) is 11.7. The molecule has 3 heterocycles. The molecule has 9 aromatic carbocycles. The summed E-state index contributed by atoms with van der Waals surface area (Å²) in [5.41, 5.74) is 13.1. The van der Waals surface area contributed by atoms with E-state index < -0.39 is 0 Å². The maximum Gasteiger partial charge on any atom is 0.145 e. The van der Waals surface area contributed by atoms with Crippen molar-refractivity contribution in [2.24, 2.45) is 0 Å². The molecule has 12 aromatic rings. The number of hydrogen-bond acceptors (Lipinski definition) is 2. The average molecular weight is 739 g/mol. The molecule has 3 aromatic heterocycles. The Morgan fingerprint density at radius 1 is 0.310 bits per heavy atom. The molecule has 0 atom stereocenters. The van der Waals surface area contributed by atoms with Crippen LogP contribution in [-0.4, -0.2) is 19.1 Å². The normalized spacial score (nSPS) is 11.8. The second kappa shape index (κ2) is 12.9. The lowest BCUT2D eigenvalue weighted by molar-refractivity contribution is 1.11. The Bertz CT molecular complexity index is 3540. The number of aromatic nitrogens is 4. The van der Waals surface area contributed by atoms with Gasteiger partial charge in [0.15, 0.2) is 0 Å². The SMILES string of the molecule is c1ccc(-c2nc3cc4c5ccc(-c6ccc(-c7nc8ccccc8n7-c7cccc8ccccc78)cc6)cc5n(-c5ccccc5)c4cc3c3ccccc23)cc1. The molecule has 270 valence electrons. The van der Waals surface area contributed by atoms with Crippen molar-refractivity contribution in [1.82, 2.24) is 19.1 Å². The van der Waals surface area contributed by atoms with Gasteiger partial charge in [-0.15, -0.1) is 0 Å². The molecule has 0 fully saturated rings. The van der Waals surface area contributed by atoms with Crippen LogP contribution < -0.4 is 0 Å². The van der Waals surface area contributed by atoms with Gasteiger partial charge in [-0.3, -0.25) is 4.57 Å². The zero-order chi connectivity index (χ0) is 38.2. The highest BCUT2D eigenvalue weighted by Crippen LogP contribution is 2.40. The number of hydrogen-bond donors (Lipinski definition) is 0. The molecule has 0 radical (unpaired) electrons. The van der Waals surface area contributed by atoms with Crippen LogP contribution >= 0.6 is 0 Å². The van der Waals surface area contributed by atoms with E-state index in [1.165, 1.54) is 26.9 Å². The molecule has 12 rings (SSSR count). The monoisotopic (exact) mass is 738 g/mol. The summed E-state index contributed by atoms with van der Waals surface area (Å²) < 4.78 is 4.72. The van der Waals surface area contributed by atoms with Crippen molar-refractivity contribution in [1.29, 1.82) is 0 Å². The van der Waals surface area contributed by atoms with E-state index in [1.807, 2.05) is 0 Å². The molecule has 0 amide bonds. The van der Waals surface area contributed by atoms with Gasteiger partial charge < -0.3 is 4.57 Å². The second-order valence-electron chi connectivity index (χ2n) is 15.0. The van der Waals surface area contributed by atoms with E-state index in [0.29, 0.717) is 0 Å². The first-order chi connectivity index (χ1) is 28.8. The van der Waals surface area contributed by atoms with Crippen LogP contribution in [0.1, 0.15) is 0 Å². The van der Waals surface area contributed by atoms with Gasteiger partial charge >= 0.3 is 0 Å². The average Bonchev–Trinajstić information content (AvgIpc) is 3.84. The first-order valence-corrected chi connectivity index (χ1v) is 19.7. The third-order valence-electron chi connectivity index (χ3n) is 11.7. The second-order valence-corrected chi connectivity index (χ2v) is 15.0. The number of benzene rings is 9. The molecule has 4 nitrogen and oxygen atoms in total. The van der Waals surface area contributed by atoms with Crippen molar-refractivity contribution in [2.75, 3.05) is 0 Å². The maximum absolute atomic E-state index is 5.35. The fourth-order valence-corrected chi connectivity index (χ4v) is 8.99. The van der Waals surface area contributed by atoms with E-state index in [2.05, 4.69) is 215 Å². The van der Waals surface area contributed by atoms with E-state index in [-0.39, 0.29) is 0 Å². The lowest BCUT2D eigenvalue weighted by Gasteiger charge is -2.13. The smallest absolute Gasteiger partial charge is 0.145 e. The standard InChI is InChI=1S/C54H34N4/c1-3-15-37(16-4-1)53-44-22-10-9-21-42(44)45-34-52-46(33-48(45)55-53)43-31-30-39(32-51(43)57(52)40-18-5-2-6-19-40)35-26-28-38(29-27-35)54-56-47-23-11-12-24-50(47)58(54)49-25-13-17-36-14-7-8-20-41(36)49/h1-34H. The molecule has 0 aliphatic heterocycles. The molecular weight excluding hydrogens is 705 g/mol. The highest BCUT2D eigenvalue weighted by molar-refractivity contribution is 6.19. The maximum atomic E-state index is 5.35. The molecule has 0 spiro atoms. The summed E-state index contributed by atoms with van der Waals surface area (Å²) in [7, 11) is 0. The molecule has 0 saturated carbocycles. The van der Waals surface area contributed by atoms with Crippen molar-refractivity contribution >= 4 is 65.3 Å². The number of para-hydroxylation sites is 3. The summed E-state index contributed by atoms with van der Waals surface area (Å²) >= 11 is 0. The summed E-state index contributed by atoms with van der Waals surface area (Å²) in [6, 6.07) is 73.8. The molecule has 0 aliphatic rings. The number of imidazole rings is 1. The first-order valence-electron chi connectivity index (χ1n) is 19.7. The number of rotatable bonds is 5. The van der Waals surface area contributed by atoms with Crippen LogP contribution in [0.15, 0.2) is 206 Å². The third kappa shape index (κ3) is 5.02. The van der Waals surface area contributed by atoms with Crippen LogP contribution in [0.5, 0.6) is 0 Å². The van der Waals surface area contributed by atoms with Crippen LogP contribution in [0.2, 0.25) is 0 Å². The fraction of sp³-hybridized carbons (Fsp3) is 0. The Hall–Kier alpha value is -7.82. The van der Waals surface area contributed by atoms with Crippen LogP contribution in [-0.2, 0) is 0 Å². The molecular formula is C54H34N4. The quantitative estimate of drug-likeness (QED) is 0.165. The summed E-state index contributed by atoms with van der Waals surface area (Å²) in [5.74, 6) is 0.924. The predicted octanol–water partition coefficient (Wildman–Crippen LogP) is 14.0. The van der Waals surface area contributed by atoms with Crippen molar-refractivity contribution in [3.63, 3.8) is 0 Å². The van der Waals surface area contributed by atoms with E-state index in [4.69, 9.17) is 9.97 Å². The molecule has 0 bridgehead atoms. The lowest BCUT2D eigenvalue weighted by atomic mass is 9.98. The minimum atomic E-state index is 0.924. The van der Waals surface area contributed by atoms with Crippen molar-refractivity contribution in [3.8, 4) is 45.1 Å². The molecule has 0 saturated heterocycles. The highest BCUT2D eigenvalue weighted by Gasteiger charge is 2.19. The Morgan fingerprint density at radius 2 is 0.966 bits per heavy atom. The van der Waals surface area contributed by atoms with Crippen LogP contribution in [0.25, 0.3) is 110 Å². The molecule has 0 unspecified atom stereocenters. The van der Waals surface area contributed by atoms with Gasteiger partial charge in [0, 0.05) is 43.7 Å². The topological polar surface area (TPSA) is 35.6 Å². The highest BCUT2D eigenvalue weighted by atomic mass is 15.1. The zero-order valence-electron chi connectivity index (χ0n) is 31.4. The van der Waals surface area contributed by atoms with Gasteiger partial charge in [-0.25, -0.2) is 9.97 Å². The van der Waals surface area contributed by atoms with Crippen molar-refractivity contribution in [3.05, 3.63) is 206 Å². The molecule has 0 N–H and O–H groups in total. The van der Waals surface area contributed by atoms with Crippen LogP contribution in [0.4, 0.5) is 0 Å². The van der Waals surface area contributed by atoms with E-state index in [9.17, 15) is 0 Å². The van der Waals surface area contributed by atoms with E-state index in [1.54, 1.807) is 0 Å². The van der Waals surface area contributed by atoms with E-state index in [0.717, 1.165) is 83.5 Å². The van der Waals surface area contributed by atoms with Gasteiger partial charge in [-0.2, -0.15) is 0 Å². The van der Waals surface area contributed by atoms with Crippen LogP contribution in [0.3, 0.4) is 0 Å². The van der Waals surface area contributed by atoms with Crippen molar-refractivity contribution < 1.29 is 0 Å². The first kappa shape index (κ1) is 32.4. The lowest BCUT2D eigenvalue weighted by Crippen LogP contribution is -1.98. The van der Waals surface area contributed by atoms with E-state index >= 15 is 0 Å². The van der Waals surface area contributed by atoms with Crippen LogP contribution in [0, 0.1) is 0 Å². The summed E-state index contributed by atoms with van der Waals surface area (Å²) in [6.07, 6.45) is 0. The Kier molecular flexibility index (Phi) is 7.20. The van der Waals surface area contributed by atoms with Gasteiger partial charge in [-0.1, -0.05) is 158 Å². The minimum absolute atomic E-state index is 0.924. The fourth-order valence-electron chi connectivity index (χ4n) is 8.99. The minimum Gasteiger partial charge on any atom is -0.309 e. The largest absolute Gasteiger partial charge is 0.309 e. The summed E-state index contributed by atoms with van der Waals surface area (Å²) in [4.78, 5) is 10.5. The summed E-state index contributed by atoms with van der Waals surface area (Å²) in [5, 5.41) is 8.28. The Balaban J connectivity index is 1.03. The predicted molar refractivity (Wildman–Crippen MR) is 242 cm³/mol. The Labute approximate surface area is 334 Å². The molecule has 58 heavy (non-hydrogen) atoms. The van der Waals surface area contributed by atoms with Gasteiger partial charge in [0.2, 0.25) is 0 Å². The number of nitrogens with zero attached hydrogens (tertiary/aromatic N) is 4. The van der Waals surface area contributed by atoms with Gasteiger partial charge in [0.1, 0.15) is 5.82 Å². The summed E-state index contributed by atoms with van der Waals surface area (Å²) in [6.45, 7) is 0. The Morgan fingerprint density at radius 3 is 1.81 bits per heavy atom. The van der Waals surface area contributed by atoms with Crippen molar-refractivity contribution in [2.45, 2.75) is 0 Å². The zero-order valence-corrected chi connectivity index (χ0v) is 31.4.